The summed E-state index contributed by atoms with van der Waals surface area (Å²) in [5.41, 5.74) is -0.531. The smallest absolute Gasteiger partial charge is 0.287 e. The fraction of sp³-hybridized carbons (Fsp3) is 0.571. The zero-order valence-electron chi connectivity index (χ0n) is 8.08. The van der Waals surface area contributed by atoms with E-state index in [0.717, 1.165) is 6.92 Å². The van der Waals surface area contributed by atoms with E-state index in [1.807, 2.05) is 0 Å². The normalized spacial score (nSPS) is 13.4. The molecule has 0 aromatic heterocycles. The van der Waals surface area contributed by atoms with Gasteiger partial charge in [0.05, 0.1) is 0 Å². The van der Waals surface area contributed by atoms with Crippen LogP contribution in [0.1, 0.15) is 6.92 Å². The SMILES string of the molecule is C=C(C)C(=O)OOC(F)(F)C(F)(F)C(F)(F)F. The highest BCUT2D eigenvalue weighted by Crippen LogP contribution is 2.47. The zero-order chi connectivity index (χ0) is 14.1. The van der Waals surface area contributed by atoms with Gasteiger partial charge in [-0.25, -0.2) is 4.79 Å². The highest BCUT2D eigenvalue weighted by Gasteiger charge is 2.76. The van der Waals surface area contributed by atoms with Crippen molar-refractivity contribution in [3.05, 3.63) is 12.2 Å². The molecule has 0 amide bonds. The molecule has 0 aromatic carbocycles. The largest absolute Gasteiger partial charge is 0.464 e. The van der Waals surface area contributed by atoms with Crippen molar-refractivity contribution in [2.24, 2.45) is 0 Å². The van der Waals surface area contributed by atoms with Crippen LogP contribution in [0.4, 0.5) is 30.7 Å². The molecule has 0 spiro atoms. The molecule has 3 nitrogen and oxygen atoms in total. The van der Waals surface area contributed by atoms with Crippen molar-refractivity contribution in [2.45, 2.75) is 25.1 Å². The molecule has 0 fully saturated rings. The molecule has 0 heterocycles. The minimum Gasteiger partial charge on any atom is -0.287 e. The summed E-state index contributed by atoms with van der Waals surface area (Å²) in [6.07, 6.45) is -12.6. The highest BCUT2D eigenvalue weighted by molar-refractivity contribution is 5.86. The third-order valence-corrected chi connectivity index (χ3v) is 1.29. The topological polar surface area (TPSA) is 35.5 Å². The van der Waals surface area contributed by atoms with Crippen molar-refractivity contribution in [3.63, 3.8) is 0 Å². The Kier molecular flexibility index (Phi) is 4.16. The molecule has 0 rings (SSSR count). The van der Waals surface area contributed by atoms with Crippen LogP contribution in [0.5, 0.6) is 0 Å². The van der Waals surface area contributed by atoms with Gasteiger partial charge in [0, 0.05) is 5.57 Å². The standard InChI is InChI=1S/C7H5F7O3/c1-3(2)4(15)16-17-7(13,14)5(8,9)6(10,11)12/h1H2,2H3. The van der Waals surface area contributed by atoms with Crippen LogP contribution in [0.15, 0.2) is 12.2 Å². The predicted octanol–water partition coefficient (Wildman–Crippen LogP) is 2.83. The second kappa shape index (κ2) is 4.51. The Hall–Kier alpha value is -1.32. The van der Waals surface area contributed by atoms with E-state index >= 15 is 0 Å². The van der Waals surface area contributed by atoms with Gasteiger partial charge in [-0.15, -0.1) is 4.89 Å². The van der Waals surface area contributed by atoms with E-state index in [-0.39, 0.29) is 0 Å². The molecule has 0 unspecified atom stereocenters. The molecule has 10 heteroatoms. The highest BCUT2D eigenvalue weighted by atomic mass is 19.4. The fourth-order valence-corrected chi connectivity index (χ4v) is 0.379. The van der Waals surface area contributed by atoms with Crippen molar-refractivity contribution >= 4 is 5.97 Å². The van der Waals surface area contributed by atoms with Crippen LogP contribution in [-0.4, -0.2) is 24.2 Å². The zero-order valence-corrected chi connectivity index (χ0v) is 8.08. The lowest BCUT2D eigenvalue weighted by molar-refractivity contribution is -0.498. The van der Waals surface area contributed by atoms with Crippen molar-refractivity contribution < 1.29 is 45.3 Å². The summed E-state index contributed by atoms with van der Waals surface area (Å²) in [6, 6.07) is 0. The van der Waals surface area contributed by atoms with Crippen LogP contribution >= 0.6 is 0 Å². The first kappa shape index (κ1) is 15.7. The van der Waals surface area contributed by atoms with Crippen molar-refractivity contribution in [1.29, 1.82) is 0 Å². The number of halogens is 7. The lowest BCUT2D eigenvalue weighted by atomic mass is 10.3. The average molecular weight is 270 g/mol. The molecular weight excluding hydrogens is 265 g/mol. The molecule has 0 saturated heterocycles. The van der Waals surface area contributed by atoms with Gasteiger partial charge < -0.3 is 0 Å². The quantitative estimate of drug-likeness (QED) is 0.341. The summed E-state index contributed by atoms with van der Waals surface area (Å²) in [6.45, 7) is 3.79. The van der Waals surface area contributed by atoms with Gasteiger partial charge in [0.1, 0.15) is 0 Å². The number of carbonyl (C=O) groups is 1. The van der Waals surface area contributed by atoms with Crippen molar-refractivity contribution in [1.82, 2.24) is 0 Å². The maximum atomic E-state index is 12.3. The van der Waals surface area contributed by atoms with E-state index in [1.54, 1.807) is 0 Å². The third kappa shape index (κ3) is 3.32. The molecule has 0 aliphatic heterocycles. The van der Waals surface area contributed by atoms with Crippen LogP contribution in [0.25, 0.3) is 0 Å². The van der Waals surface area contributed by atoms with E-state index in [9.17, 15) is 35.5 Å². The first-order valence-corrected chi connectivity index (χ1v) is 3.71. The van der Waals surface area contributed by atoms with Crippen molar-refractivity contribution in [2.75, 3.05) is 0 Å². The van der Waals surface area contributed by atoms with Crippen LogP contribution in [-0.2, 0) is 14.6 Å². The van der Waals surface area contributed by atoms with Crippen molar-refractivity contribution in [3.8, 4) is 0 Å². The first-order chi connectivity index (χ1) is 7.33. The molecule has 17 heavy (non-hydrogen) atoms. The maximum Gasteiger partial charge on any atom is 0.464 e. The lowest BCUT2D eigenvalue weighted by Gasteiger charge is -2.25. The molecule has 0 aromatic rings. The van der Waals surface area contributed by atoms with Gasteiger partial charge >= 0.3 is 24.2 Å². The minimum absolute atomic E-state index is 0.531. The monoisotopic (exact) mass is 270 g/mol. The van der Waals surface area contributed by atoms with Gasteiger partial charge in [0.15, 0.2) is 0 Å². The molecule has 0 aliphatic rings. The lowest BCUT2D eigenvalue weighted by Crippen LogP contribution is -2.53. The van der Waals surface area contributed by atoms with E-state index in [4.69, 9.17) is 0 Å². The Morgan fingerprint density at radius 3 is 1.76 bits per heavy atom. The Labute approximate surface area is 89.7 Å². The molecule has 100 valence electrons. The van der Waals surface area contributed by atoms with Gasteiger partial charge in [-0.05, 0) is 6.92 Å². The van der Waals surface area contributed by atoms with Gasteiger partial charge in [0.25, 0.3) is 0 Å². The molecule has 0 saturated carbocycles. The van der Waals surface area contributed by atoms with Gasteiger partial charge in [-0.1, -0.05) is 6.58 Å². The fourth-order valence-electron chi connectivity index (χ4n) is 0.379. The molecule has 0 radical (unpaired) electrons. The third-order valence-electron chi connectivity index (χ3n) is 1.29. The van der Waals surface area contributed by atoms with Gasteiger partial charge in [-0.3, -0.25) is 4.89 Å². The Balaban J connectivity index is 4.80. The number of hydrogen-bond donors (Lipinski definition) is 0. The van der Waals surface area contributed by atoms with Crippen LogP contribution in [0.3, 0.4) is 0 Å². The maximum absolute atomic E-state index is 12.3. The predicted molar refractivity (Wildman–Crippen MR) is 37.9 cm³/mol. The summed E-state index contributed by atoms with van der Waals surface area (Å²) in [4.78, 5) is 16.1. The number of hydrogen-bond acceptors (Lipinski definition) is 3. The van der Waals surface area contributed by atoms with E-state index in [0.29, 0.717) is 0 Å². The molecule has 0 N–H and O–H groups in total. The average Bonchev–Trinajstić information content (AvgIpc) is 2.11. The van der Waals surface area contributed by atoms with Gasteiger partial charge in [-0.2, -0.15) is 30.7 Å². The van der Waals surface area contributed by atoms with E-state index < -0.39 is 29.7 Å². The second-order valence-corrected chi connectivity index (χ2v) is 2.82. The van der Waals surface area contributed by atoms with Crippen LogP contribution in [0, 0.1) is 0 Å². The second-order valence-electron chi connectivity index (χ2n) is 2.82. The Morgan fingerprint density at radius 1 is 1.06 bits per heavy atom. The number of rotatable bonds is 4. The summed E-state index contributed by atoms with van der Waals surface area (Å²) in [5, 5.41) is 0. The van der Waals surface area contributed by atoms with E-state index in [2.05, 4.69) is 16.4 Å². The Bertz CT molecular complexity index is 320. The molecular formula is C7H5F7O3. The first-order valence-electron chi connectivity index (χ1n) is 3.71. The molecule has 0 aliphatic carbocycles. The summed E-state index contributed by atoms with van der Waals surface area (Å²) in [5.74, 6) is -8.21. The summed E-state index contributed by atoms with van der Waals surface area (Å²) < 4.78 is 83.6. The van der Waals surface area contributed by atoms with E-state index in [1.165, 1.54) is 0 Å². The molecule has 0 atom stereocenters. The van der Waals surface area contributed by atoms with Crippen LogP contribution < -0.4 is 0 Å². The number of alkyl halides is 7. The van der Waals surface area contributed by atoms with Crippen LogP contribution in [0.2, 0.25) is 0 Å². The summed E-state index contributed by atoms with van der Waals surface area (Å²) in [7, 11) is 0. The number of carbonyl (C=O) groups excluding carboxylic acids is 1. The van der Waals surface area contributed by atoms with Gasteiger partial charge in [0.2, 0.25) is 0 Å². The minimum atomic E-state index is -6.56. The summed E-state index contributed by atoms with van der Waals surface area (Å²) >= 11 is 0. The molecule has 0 bridgehead atoms. The Morgan fingerprint density at radius 2 is 1.47 bits per heavy atom.